The maximum Gasteiger partial charge on any atom is 0.238 e. The van der Waals surface area contributed by atoms with Crippen molar-refractivity contribution in [2.24, 2.45) is 4.99 Å². The fraction of sp³-hybridized carbons (Fsp3) is 0.222. The van der Waals surface area contributed by atoms with Crippen LogP contribution in [0.2, 0.25) is 0 Å². The standard InChI is InChI=1S/C9H10N2O2/c1-8-4-2-3-5-9(8)10-6-7-11(12)13/h2-6H,7H2,1H3. The number of hydrogen-bond acceptors (Lipinski definition) is 3. The molecule has 0 bridgehead atoms. The van der Waals surface area contributed by atoms with E-state index in [0.717, 1.165) is 11.3 Å². The van der Waals surface area contributed by atoms with Crippen molar-refractivity contribution in [1.29, 1.82) is 0 Å². The van der Waals surface area contributed by atoms with Crippen LogP contribution in [0.15, 0.2) is 29.3 Å². The number of benzene rings is 1. The van der Waals surface area contributed by atoms with Crippen molar-refractivity contribution in [3.8, 4) is 0 Å². The minimum absolute atomic E-state index is 0.228. The lowest BCUT2D eigenvalue weighted by Gasteiger charge is -1.96. The largest absolute Gasteiger partial charge is 0.264 e. The summed E-state index contributed by atoms with van der Waals surface area (Å²) in [5, 5.41) is 9.99. The molecule has 0 N–H and O–H groups in total. The zero-order valence-corrected chi connectivity index (χ0v) is 7.30. The molecule has 0 atom stereocenters. The van der Waals surface area contributed by atoms with Crippen molar-refractivity contribution in [1.82, 2.24) is 0 Å². The van der Waals surface area contributed by atoms with Crippen LogP contribution in [-0.4, -0.2) is 17.7 Å². The van der Waals surface area contributed by atoms with E-state index in [4.69, 9.17) is 0 Å². The van der Waals surface area contributed by atoms with Gasteiger partial charge in [0.25, 0.3) is 0 Å². The average Bonchev–Trinajstić information content (AvgIpc) is 2.08. The van der Waals surface area contributed by atoms with Gasteiger partial charge >= 0.3 is 0 Å². The number of rotatable bonds is 3. The Hall–Kier alpha value is -1.71. The van der Waals surface area contributed by atoms with Crippen molar-refractivity contribution in [2.45, 2.75) is 6.92 Å². The van der Waals surface area contributed by atoms with E-state index in [9.17, 15) is 10.1 Å². The van der Waals surface area contributed by atoms with E-state index in [-0.39, 0.29) is 6.54 Å². The molecule has 1 aromatic rings. The minimum atomic E-state index is -0.415. The lowest BCUT2D eigenvalue weighted by molar-refractivity contribution is -0.462. The Kier molecular flexibility index (Phi) is 3.14. The van der Waals surface area contributed by atoms with Gasteiger partial charge in [0.05, 0.1) is 11.9 Å². The molecule has 0 amide bonds. The summed E-state index contributed by atoms with van der Waals surface area (Å²) in [7, 11) is 0. The Bertz CT molecular complexity index is 334. The van der Waals surface area contributed by atoms with Crippen LogP contribution in [0, 0.1) is 17.0 Å². The highest BCUT2D eigenvalue weighted by molar-refractivity contribution is 5.65. The Labute approximate surface area is 76.1 Å². The summed E-state index contributed by atoms with van der Waals surface area (Å²) in [6, 6.07) is 7.50. The van der Waals surface area contributed by atoms with E-state index in [2.05, 4.69) is 4.99 Å². The van der Waals surface area contributed by atoms with Crippen LogP contribution < -0.4 is 0 Å². The smallest absolute Gasteiger partial charge is 0.238 e. The molecule has 13 heavy (non-hydrogen) atoms. The van der Waals surface area contributed by atoms with Gasteiger partial charge in [-0.25, -0.2) is 0 Å². The molecule has 4 heteroatoms. The summed E-state index contributed by atoms with van der Waals surface area (Å²) >= 11 is 0. The summed E-state index contributed by atoms with van der Waals surface area (Å²) in [4.78, 5) is 13.6. The highest BCUT2D eigenvalue weighted by Crippen LogP contribution is 2.15. The summed E-state index contributed by atoms with van der Waals surface area (Å²) in [6.45, 7) is 1.69. The first kappa shape index (κ1) is 9.38. The maximum absolute atomic E-state index is 9.99. The van der Waals surface area contributed by atoms with Gasteiger partial charge in [-0.2, -0.15) is 0 Å². The fourth-order valence-electron chi connectivity index (χ4n) is 0.914. The van der Waals surface area contributed by atoms with Crippen LogP contribution in [0.5, 0.6) is 0 Å². The highest BCUT2D eigenvalue weighted by atomic mass is 16.6. The van der Waals surface area contributed by atoms with Gasteiger partial charge < -0.3 is 0 Å². The van der Waals surface area contributed by atoms with Crippen LogP contribution in [0.25, 0.3) is 0 Å². The average molecular weight is 178 g/mol. The van der Waals surface area contributed by atoms with E-state index in [1.165, 1.54) is 6.21 Å². The number of nitro groups is 1. The number of aryl methyl sites for hydroxylation is 1. The molecule has 0 unspecified atom stereocenters. The third kappa shape index (κ3) is 3.02. The van der Waals surface area contributed by atoms with E-state index >= 15 is 0 Å². The van der Waals surface area contributed by atoms with Gasteiger partial charge in [0.2, 0.25) is 6.54 Å². The molecule has 0 spiro atoms. The van der Waals surface area contributed by atoms with Crippen molar-refractivity contribution >= 4 is 11.9 Å². The predicted octanol–water partition coefficient (Wildman–Crippen LogP) is 1.97. The molecule has 0 aliphatic rings. The number of hydrogen-bond donors (Lipinski definition) is 0. The van der Waals surface area contributed by atoms with E-state index in [1.807, 2.05) is 31.2 Å². The van der Waals surface area contributed by atoms with Crippen molar-refractivity contribution < 1.29 is 4.92 Å². The second-order valence-corrected chi connectivity index (χ2v) is 2.61. The molecular formula is C9H10N2O2. The van der Waals surface area contributed by atoms with Gasteiger partial charge in [-0.05, 0) is 18.6 Å². The van der Waals surface area contributed by atoms with Gasteiger partial charge in [-0.15, -0.1) is 0 Å². The van der Waals surface area contributed by atoms with Crippen LogP contribution in [0.4, 0.5) is 5.69 Å². The molecule has 0 radical (unpaired) electrons. The van der Waals surface area contributed by atoms with Crippen molar-refractivity contribution in [2.75, 3.05) is 6.54 Å². The molecule has 1 rings (SSSR count). The Balaban J connectivity index is 2.68. The molecule has 4 nitrogen and oxygen atoms in total. The Morgan fingerprint density at radius 1 is 1.54 bits per heavy atom. The number of para-hydroxylation sites is 1. The van der Waals surface area contributed by atoms with Gasteiger partial charge in [-0.3, -0.25) is 15.1 Å². The third-order valence-corrected chi connectivity index (χ3v) is 1.58. The normalized spacial score (nSPS) is 10.5. The fourth-order valence-corrected chi connectivity index (χ4v) is 0.914. The first-order chi connectivity index (χ1) is 6.20. The molecule has 0 aromatic heterocycles. The van der Waals surface area contributed by atoms with Crippen LogP contribution >= 0.6 is 0 Å². The molecule has 0 fully saturated rings. The summed E-state index contributed by atoms with van der Waals surface area (Å²) < 4.78 is 0. The van der Waals surface area contributed by atoms with Gasteiger partial charge in [-0.1, -0.05) is 18.2 Å². The van der Waals surface area contributed by atoms with E-state index < -0.39 is 4.92 Å². The van der Waals surface area contributed by atoms with E-state index in [0.29, 0.717) is 0 Å². The first-order valence-corrected chi connectivity index (χ1v) is 3.90. The van der Waals surface area contributed by atoms with Crippen molar-refractivity contribution in [3.05, 3.63) is 39.9 Å². The van der Waals surface area contributed by atoms with Crippen LogP contribution in [0.1, 0.15) is 5.56 Å². The zero-order valence-electron chi connectivity index (χ0n) is 7.30. The molecular weight excluding hydrogens is 168 g/mol. The Morgan fingerprint density at radius 3 is 2.85 bits per heavy atom. The predicted molar refractivity (Wildman–Crippen MR) is 51.2 cm³/mol. The molecule has 0 aliphatic heterocycles. The molecule has 0 aliphatic carbocycles. The summed E-state index contributed by atoms with van der Waals surface area (Å²) in [5.41, 5.74) is 1.80. The second kappa shape index (κ2) is 4.35. The molecule has 0 heterocycles. The van der Waals surface area contributed by atoms with Gasteiger partial charge in [0.1, 0.15) is 0 Å². The monoisotopic (exact) mass is 178 g/mol. The van der Waals surface area contributed by atoms with Gasteiger partial charge in [0.15, 0.2) is 0 Å². The number of aliphatic imine (C=N–C) groups is 1. The molecule has 68 valence electrons. The topological polar surface area (TPSA) is 55.5 Å². The lowest BCUT2D eigenvalue weighted by atomic mass is 10.2. The SMILES string of the molecule is Cc1ccccc1N=CC[N+](=O)[O-]. The van der Waals surface area contributed by atoms with Gasteiger partial charge in [0, 0.05) is 4.92 Å². The zero-order chi connectivity index (χ0) is 9.68. The van der Waals surface area contributed by atoms with Crippen LogP contribution in [0.3, 0.4) is 0 Å². The highest BCUT2D eigenvalue weighted by Gasteiger charge is 1.93. The molecule has 1 aromatic carbocycles. The third-order valence-electron chi connectivity index (χ3n) is 1.58. The quantitative estimate of drug-likeness (QED) is 0.403. The minimum Gasteiger partial charge on any atom is -0.264 e. The molecule has 0 saturated heterocycles. The summed E-state index contributed by atoms with van der Waals surface area (Å²) in [6.07, 6.45) is 1.31. The maximum atomic E-state index is 9.99. The van der Waals surface area contributed by atoms with Crippen LogP contribution in [-0.2, 0) is 0 Å². The Morgan fingerprint density at radius 2 is 2.23 bits per heavy atom. The van der Waals surface area contributed by atoms with Crippen molar-refractivity contribution in [3.63, 3.8) is 0 Å². The second-order valence-electron chi connectivity index (χ2n) is 2.61. The number of nitrogens with zero attached hydrogens (tertiary/aromatic N) is 2. The lowest BCUT2D eigenvalue weighted by Crippen LogP contribution is -2.00. The van der Waals surface area contributed by atoms with E-state index in [1.54, 1.807) is 0 Å². The molecule has 0 saturated carbocycles. The first-order valence-electron chi connectivity index (χ1n) is 3.90. The summed E-state index contributed by atoms with van der Waals surface area (Å²) in [5.74, 6) is 0.